The van der Waals surface area contributed by atoms with Gasteiger partial charge in [0.05, 0.1) is 23.1 Å². The number of amides is 2. The molecule has 0 saturated heterocycles. The summed E-state index contributed by atoms with van der Waals surface area (Å²) in [6.45, 7) is 8.00. The van der Waals surface area contributed by atoms with Gasteiger partial charge in [-0.25, -0.2) is 4.79 Å². The molecule has 7 nitrogen and oxygen atoms in total. The van der Waals surface area contributed by atoms with Gasteiger partial charge in [0.25, 0.3) is 5.91 Å². The van der Waals surface area contributed by atoms with Crippen LogP contribution in [0.3, 0.4) is 0 Å². The molecule has 0 unspecified atom stereocenters. The first-order valence-corrected chi connectivity index (χ1v) is 7.16. The van der Waals surface area contributed by atoms with E-state index in [2.05, 4.69) is 15.6 Å². The molecule has 0 bridgehead atoms. The summed E-state index contributed by atoms with van der Waals surface area (Å²) in [5.74, 6) is -0.227. The van der Waals surface area contributed by atoms with Gasteiger partial charge in [0.15, 0.2) is 0 Å². The number of hydrogen-bond donors (Lipinski definition) is 3. The number of rotatable bonds is 5. The molecule has 1 aromatic rings. The van der Waals surface area contributed by atoms with Crippen LogP contribution in [0.1, 0.15) is 43.2 Å². The van der Waals surface area contributed by atoms with Crippen LogP contribution in [-0.2, 0) is 4.74 Å². The van der Waals surface area contributed by atoms with Crippen molar-refractivity contribution < 1.29 is 14.3 Å². The van der Waals surface area contributed by atoms with E-state index in [1.807, 2.05) is 0 Å². The van der Waals surface area contributed by atoms with Gasteiger partial charge in [-0.3, -0.25) is 9.78 Å². The van der Waals surface area contributed by atoms with Gasteiger partial charge in [-0.05, 0) is 40.2 Å². The highest BCUT2D eigenvalue weighted by Gasteiger charge is 2.15. The quantitative estimate of drug-likeness (QED) is 0.717. The van der Waals surface area contributed by atoms with Crippen LogP contribution in [0.4, 0.5) is 10.5 Å². The molecule has 0 aliphatic rings. The molecule has 0 aromatic carbocycles. The lowest BCUT2D eigenvalue weighted by Crippen LogP contribution is -2.34. The summed E-state index contributed by atoms with van der Waals surface area (Å²) in [6.07, 6.45) is 1.64. The number of nitrogens with two attached hydrogens (primary N) is 1. The normalized spacial score (nSPS) is 10.9. The third kappa shape index (κ3) is 6.43. The predicted molar refractivity (Wildman–Crippen MR) is 84.6 cm³/mol. The molecule has 0 saturated carbocycles. The Bertz CT molecular complexity index is 538. The number of hydrogen-bond acceptors (Lipinski definition) is 5. The van der Waals surface area contributed by atoms with Crippen molar-refractivity contribution in [1.29, 1.82) is 0 Å². The van der Waals surface area contributed by atoms with Crippen LogP contribution >= 0.6 is 0 Å². The Hall–Kier alpha value is -2.31. The Kier molecular flexibility index (Phi) is 6.15. The lowest BCUT2D eigenvalue weighted by atomic mass is 10.2. The number of anilines is 1. The fourth-order valence-corrected chi connectivity index (χ4v) is 1.67. The van der Waals surface area contributed by atoms with E-state index in [4.69, 9.17) is 10.5 Å². The van der Waals surface area contributed by atoms with E-state index < -0.39 is 11.7 Å². The lowest BCUT2D eigenvalue weighted by Gasteiger charge is -2.19. The Balaban J connectivity index is 2.29. The summed E-state index contributed by atoms with van der Waals surface area (Å²) in [4.78, 5) is 27.4. The Labute approximate surface area is 130 Å². The van der Waals surface area contributed by atoms with Crippen molar-refractivity contribution in [2.75, 3.05) is 18.8 Å². The number of aromatic nitrogens is 1. The molecule has 7 heteroatoms. The summed E-state index contributed by atoms with van der Waals surface area (Å²) in [6, 6.07) is 1.59. The van der Waals surface area contributed by atoms with Gasteiger partial charge in [-0.1, -0.05) is 0 Å². The summed E-state index contributed by atoms with van der Waals surface area (Å²) in [7, 11) is 0. The molecule has 1 aromatic heterocycles. The van der Waals surface area contributed by atoms with Crippen LogP contribution < -0.4 is 16.4 Å². The minimum absolute atomic E-state index is 0.227. The number of nitrogen functional groups attached to an aromatic ring is 1. The lowest BCUT2D eigenvalue weighted by molar-refractivity contribution is 0.0527. The van der Waals surface area contributed by atoms with Crippen molar-refractivity contribution in [3.8, 4) is 0 Å². The molecule has 0 atom stereocenters. The minimum atomic E-state index is -0.518. The number of carbonyl (C=O) groups is 2. The fraction of sp³-hybridized carbons (Fsp3) is 0.533. The van der Waals surface area contributed by atoms with Gasteiger partial charge < -0.3 is 21.1 Å². The topological polar surface area (TPSA) is 106 Å². The van der Waals surface area contributed by atoms with Crippen LogP contribution in [-0.4, -0.2) is 35.7 Å². The first-order valence-electron chi connectivity index (χ1n) is 7.16. The van der Waals surface area contributed by atoms with E-state index >= 15 is 0 Å². The summed E-state index contributed by atoms with van der Waals surface area (Å²) in [5.41, 5.74) is 6.63. The molecule has 0 radical (unpaired) electrons. The summed E-state index contributed by atoms with van der Waals surface area (Å²) in [5, 5.41) is 5.39. The average Bonchev–Trinajstić information content (AvgIpc) is 2.38. The molecular weight excluding hydrogens is 284 g/mol. The highest BCUT2D eigenvalue weighted by Crippen LogP contribution is 2.09. The molecule has 122 valence electrons. The van der Waals surface area contributed by atoms with Gasteiger partial charge in [0, 0.05) is 13.1 Å². The second kappa shape index (κ2) is 7.63. The van der Waals surface area contributed by atoms with E-state index in [-0.39, 0.29) is 5.91 Å². The van der Waals surface area contributed by atoms with E-state index in [1.165, 1.54) is 6.20 Å². The van der Waals surface area contributed by atoms with Crippen molar-refractivity contribution in [3.63, 3.8) is 0 Å². The van der Waals surface area contributed by atoms with Crippen LogP contribution in [0.15, 0.2) is 12.3 Å². The molecule has 0 spiro atoms. The summed E-state index contributed by atoms with van der Waals surface area (Å²) < 4.78 is 5.10. The highest BCUT2D eigenvalue weighted by atomic mass is 16.6. The third-order valence-electron chi connectivity index (χ3n) is 2.66. The van der Waals surface area contributed by atoms with Crippen molar-refractivity contribution in [2.24, 2.45) is 0 Å². The molecule has 0 aliphatic heterocycles. The van der Waals surface area contributed by atoms with E-state index in [9.17, 15) is 9.59 Å². The van der Waals surface area contributed by atoms with Gasteiger partial charge in [-0.15, -0.1) is 0 Å². The Morgan fingerprint density at radius 3 is 2.55 bits per heavy atom. The standard InChI is InChI=1S/C15H24N4O3/c1-10-12(8-11(16)9-19-10)13(20)17-6-5-7-18-14(21)22-15(2,3)4/h8-9H,5-7,16H2,1-4H3,(H,17,20)(H,18,21). The molecule has 0 aliphatic carbocycles. The van der Waals surface area contributed by atoms with Crippen molar-refractivity contribution in [2.45, 2.75) is 39.7 Å². The van der Waals surface area contributed by atoms with Gasteiger partial charge in [0.1, 0.15) is 5.60 Å². The van der Waals surface area contributed by atoms with Crippen molar-refractivity contribution >= 4 is 17.7 Å². The molecule has 1 heterocycles. The first-order chi connectivity index (χ1) is 10.2. The number of carbonyl (C=O) groups excluding carboxylic acids is 2. The van der Waals surface area contributed by atoms with Gasteiger partial charge in [0.2, 0.25) is 0 Å². The van der Waals surface area contributed by atoms with Crippen LogP contribution in [0.5, 0.6) is 0 Å². The van der Waals surface area contributed by atoms with Crippen molar-refractivity contribution in [1.82, 2.24) is 15.6 Å². The van der Waals surface area contributed by atoms with E-state index in [1.54, 1.807) is 33.8 Å². The van der Waals surface area contributed by atoms with Gasteiger partial charge in [-0.2, -0.15) is 0 Å². The van der Waals surface area contributed by atoms with Crippen LogP contribution in [0, 0.1) is 6.92 Å². The molecule has 0 fully saturated rings. The Morgan fingerprint density at radius 2 is 1.91 bits per heavy atom. The van der Waals surface area contributed by atoms with Crippen molar-refractivity contribution in [3.05, 3.63) is 23.5 Å². The third-order valence-corrected chi connectivity index (χ3v) is 2.66. The molecule has 4 N–H and O–H groups in total. The van der Waals surface area contributed by atoms with Gasteiger partial charge >= 0.3 is 6.09 Å². The molecule has 22 heavy (non-hydrogen) atoms. The number of ether oxygens (including phenoxy) is 1. The largest absolute Gasteiger partial charge is 0.444 e. The van der Waals surface area contributed by atoms with Crippen LogP contribution in [0.2, 0.25) is 0 Å². The van der Waals surface area contributed by atoms with Crippen LogP contribution in [0.25, 0.3) is 0 Å². The number of aryl methyl sites for hydroxylation is 1. The zero-order valence-electron chi connectivity index (χ0n) is 13.5. The fourth-order valence-electron chi connectivity index (χ4n) is 1.67. The minimum Gasteiger partial charge on any atom is -0.444 e. The van der Waals surface area contributed by atoms with E-state index in [0.29, 0.717) is 36.5 Å². The second-order valence-corrected chi connectivity index (χ2v) is 5.94. The zero-order chi connectivity index (χ0) is 16.8. The number of nitrogens with one attached hydrogen (secondary N) is 2. The summed E-state index contributed by atoms with van der Waals surface area (Å²) >= 11 is 0. The number of pyridine rings is 1. The maximum Gasteiger partial charge on any atom is 0.407 e. The average molecular weight is 308 g/mol. The molecular formula is C15H24N4O3. The second-order valence-electron chi connectivity index (χ2n) is 5.94. The molecule has 1 rings (SSSR count). The SMILES string of the molecule is Cc1ncc(N)cc1C(=O)NCCCNC(=O)OC(C)(C)C. The predicted octanol–water partition coefficient (Wildman–Crippen LogP) is 1.62. The number of alkyl carbamates (subject to hydrolysis) is 1. The first kappa shape index (κ1) is 17.7. The zero-order valence-corrected chi connectivity index (χ0v) is 13.5. The smallest absolute Gasteiger partial charge is 0.407 e. The highest BCUT2D eigenvalue weighted by molar-refractivity contribution is 5.95. The maximum absolute atomic E-state index is 12.0. The Morgan fingerprint density at radius 1 is 1.27 bits per heavy atom. The van der Waals surface area contributed by atoms with E-state index in [0.717, 1.165) is 0 Å². The molecule has 2 amide bonds. The number of nitrogens with zero attached hydrogens (tertiary/aromatic N) is 1. The monoisotopic (exact) mass is 308 g/mol. The maximum atomic E-state index is 12.0.